The first-order valence-corrected chi connectivity index (χ1v) is 15.5. The van der Waals surface area contributed by atoms with Crippen molar-refractivity contribution in [3.63, 3.8) is 0 Å². The van der Waals surface area contributed by atoms with Gasteiger partial charge in [-0.05, 0) is 71.8 Å². The van der Waals surface area contributed by atoms with Gasteiger partial charge in [0.25, 0.3) is 11.8 Å². The number of carbonyl (C=O) groups excluding carboxylic acids is 3. The summed E-state index contributed by atoms with van der Waals surface area (Å²) < 4.78 is 0. The van der Waals surface area contributed by atoms with Crippen LogP contribution in [0.3, 0.4) is 0 Å². The minimum Gasteiger partial charge on any atom is -0.325 e. The van der Waals surface area contributed by atoms with Crippen molar-refractivity contribution in [1.29, 1.82) is 0 Å². The molecule has 0 bridgehead atoms. The molecule has 0 aliphatic heterocycles. The predicted molar refractivity (Wildman–Crippen MR) is 184 cm³/mol. The number of anilines is 2. The number of halogens is 2. The van der Waals surface area contributed by atoms with Gasteiger partial charge in [-0.15, -0.1) is 11.8 Å². The number of amides is 3. The molecular weight excluding hydrogens is 625 g/mol. The molecule has 0 fully saturated rings. The number of benzene rings is 5. The van der Waals surface area contributed by atoms with Gasteiger partial charge in [-0.25, -0.2) is 0 Å². The first-order chi connectivity index (χ1) is 21.9. The average molecular weight is 653 g/mol. The molecule has 45 heavy (non-hydrogen) atoms. The Labute approximate surface area is 275 Å². The Balaban J connectivity index is 1.34. The molecule has 5 aromatic rings. The van der Waals surface area contributed by atoms with Crippen LogP contribution in [-0.2, 0) is 9.59 Å². The summed E-state index contributed by atoms with van der Waals surface area (Å²) in [5.74, 6) is -1.17. The molecule has 0 aromatic heterocycles. The van der Waals surface area contributed by atoms with Gasteiger partial charge in [-0.3, -0.25) is 14.4 Å². The molecule has 3 amide bonds. The zero-order valence-corrected chi connectivity index (χ0v) is 26.1. The minimum absolute atomic E-state index is 0.0202. The molecule has 5 aromatic carbocycles. The molecule has 5 rings (SSSR count). The molecule has 9 heteroatoms. The van der Waals surface area contributed by atoms with E-state index in [0.717, 1.165) is 10.5 Å². The van der Waals surface area contributed by atoms with Crippen molar-refractivity contribution < 1.29 is 14.4 Å². The smallest absolute Gasteiger partial charge is 0.272 e. The summed E-state index contributed by atoms with van der Waals surface area (Å²) in [6.07, 6.45) is 1.48. The van der Waals surface area contributed by atoms with E-state index in [2.05, 4.69) is 16.0 Å². The lowest BCUT2D eigenvalue weighted by Gasteiger charge is -2.17. The van der Waals surface area contributed by atoms with Gasteiger partial charge in [0.05, 0.1) is 10.0 Å². The van der Waals surface area contributed by atoms with Gasteiger partial charge in [-0.1, -0.05) is 102 Å². The number of hydrogen-bond donors (Lipinski definition) is 3. The van der Waals surface area contributed by atoms with Crippen LogP contribution in [0.4, 0.5) is 11.4 Å². The minimum atomic E-state index is -0.555. The van der Waals surface area contributed by atoms with Crippen LogP contribution in [0.25, 0.3) is 6.08 Å². The van der Waals surface area contributed by atoms with Crippen molar-refractivity contribution in [1.82, 2.24) is 5.32 Å². The summed E-state index contributed by atoms with van der Waals surface area (Å²) in [6.45, 7) is 0. The van der Waals surface area contributed by atoms with Crippen LogP contribution in [-0.4, -0.2) is 17.7 Å². The highest BCUT2D eigenvalue weighted by Crippen LogP contribution is 2.37. The Hall–Kier alpha value is -4.82. The van der Waals surface area contributed by atoms with Crippen molar-refractivity contribution >= 4 is 70.1 Å². The molecule has 3 N–H and O–H groups in total. The number of carbonyl (C=O) groups is 3. The molecule has 0 saturated carbocycles. The predicted octanol–water partition coefficient (Wildman–Crippen LogP) is 8.88. The maximum Gasteiger partial charge on any atom is 0.272 e. The second kappa shape index (κ2) is 15.3. The van der Waals surface area contributed by atoms with Crippen LogP contribution >= 0.6 is 35.0 Å². The SMILES string of the molecule is O=C(Nc1ccc(SC(C(=O)Nc2ccccc2)c2ccccc2)cc1)/C(=C/c1cccc(Cl)c1Cl)NC(=O)c1ccccc1. The molecule has 1 unspecified atom stereocenters. The van der Waals surface area contributed by atoms with E-state index < -0.39 is 17.1 Å². The number of para-hydroxylation sites is 1. The fourth-order valence-electron chi connectivity index (χ4n) is 4.31. The number of nitrogens with one attached hydrogen (secondary N) is 3. The van der Waals surface area contributed by atoms with Gasteiger partial charge in [-0.2, -0.15) is 0 Å². The summed E-state index contributed by atoms with van der Waals surface area (Å²) in [5, 5.41) is 8.58. The highest BCUT2D eigenvalue weighted by atomic mass is 35.5. The van der Waals surface area contributed by atoms with Gasteiger partial charge >= 0.3 is 0 Å². The number of thioether (sulfide) groups is 1. The summed E-state index contributed by atoms with van der Waals surface area (Å²) >= 11 is 14.0. The first kappa shape index (κ1) is 31.6. The molecule has 0 heterocycles. The van der Waals surface area contributed by atoms with Crippen molar-refractivity contribution in [2.24, 2.45) is 0 Å². The van der Waals surface area contributed by atoms with Crippen LogP contribution in [0.1, 0.15) is 26.7 Å². The van der Waals surface area contributed by atoms with Crippen molar-refractivity contribution in [2.75, 3.05) is 10.6 Å². The third kappa shape index (κ3) is 8.64. The number of hydrogen-bond acceptors (Lipinski definition) is 4. The lowest BCUT2D eigenvalue weighted by molar-refractivity contribution is -0.116. The van der Waals surface area contributed by atoms with E-state index >= 15 is 0 Å². The molecule has 0 radical (unpaired) electrons. The fraction of sp³-hybridized carbons (Fsp3) is 0.0278. The third-order valence-electron chi connectivity index (χ3n) is 6.56. The Morgan fingerprint density at radius 1 is 0.644 bits per heavy atom. The highest BCUT2D eigenvalue weighted by molar-refractivity contribution is 8.00. The van der Waals surface area contributed by atoms with Crippen LogP contribution < -0.4 is 16.0 Å². The topological polar surface area (TPSA) is 87.3 Å². The van der Waals surface area contributed by atoms with E-state index in [-0.39, 0.29) is 16.6 Å². The molecule has 0 spiro atoms. The van der Waals surface area contributed by atoms with Crippen molar-refractivity contribution in [3.05, 3.63) is 166 Å². The van der Waals surface area contributed by atoms with E-state index in [0.29, 0.717) is 27.5 Å². The number of rotatable bonds is 10. The summed E-state index contributed by atoms with van der Waals surface area (Å²) in [4.78, 5) is 40.6. The monoisotopic (exact) mass is 651 g/mol. The first-order valence-electron chi connectivity index (χ1n) is 13.9. The maximum atomic E-state index is 13.5. The van der Waals surface area contributed by atoms with E-state index in [9.17, 15) is 14.4 Å². The Morgan fingerprint density at radius 3 is 1.91 bits per heavy atom. The molecule has 1 atom stereocenters. The van der Waals surface area contributed by atoms with E-state index in [4.69, 9.17) is 23.2 Å². The molecule has 6 nitrogen and oxygen atoms in total. The largest absolute Gasteiger partial charge is 0.325 e. The summed E-state index contributed by atoms with van der Waals surface area (Å²) in [6, 6.07) is 39.6. The molecule has 0 aliphatic rings. The van der Waals surface area contributed by atoms with E-state index in [1.165, 1.54) is 17.8 Å². The Morgan fingerprint density at radius 2 is 1.24 bits per heavy atom. The second-order valence-electron chi connectivity index (χ2n) is 9.76. The Bertz CT molecular complexity index is 1820. The van der Waals surface area contributed by atoms with Crippen molar-refractivity contribution in [2.45, 2.75) is 10.1 Å². The molecule has 0 aliphatic carbocycles. The lowest BCUT2D eigenvalue weighted by atomic mass is 10.1. The highest BCUT2D eigenvalue weighted by Gasteiger charge is 2.22. The molecular formula is C36H27Cl2N3O3S. The van der Waals surface area contributed by atoms with Gasteiger partial charge in [0.15, 0.2) is 0 Å². The standard InChI is InChI=1S/C36H27Cl2N3O3S/c37-30-18-10-15-26(32(30)38)23-31(41-34(42)25-13-6-2-7-14-25)35(43)39-28-19-21-29(22-20-28)45-33(24-11-4-1-5-12-24)36(44)40-27-16-8-3-9-17-27/h1-23,33H,(H,39,43)(H,40,44)(H,41,42)/b31-23-. The van der Waals surface area contributed by atoms with Crippen LogP contribution in [0.2, 0.25) is 10.0 Å². The fourth-order valence-corrected chi connectivity index (χ4v) is 5.70. The lowest BCUT2D eigenvalue weighted by Crippen LogP contribution is -2.30. The molecule has 0 saturated heterocycles. The zero-order valence-electron chi connectivity index (χ0n) is 23.7. The van der Waals surface area contributed by atoms with Gasteiger partial charge in [0, 0.05) is 21.8 Å². The van der Waals surface area contributed by atoms with Gasteiger partial charge in [0.2, 0.25) is 5.91 Å². The summed E-state index contributed by atoms with van der Waals surface area (Å²) in [7, 11) is 0. The summed E-state index contributed by atoms with van der Waals surface area (Å²) in [5.41, 5.74) is 2.90. The van der Waals surface area contributed by atoms with Gasteiger partial charge < -0.3 is 16.0 Å². The zero-order chi connectivity index (χ0) is 31.6. The van der Waals surface area contributed by atoms with E-state index in [1.54, 1.807) is 60.7 Å². The molecule has 224 valence electrons. The van der Waals surface area contributed by atoms with Crippen LogP contribution in [0.5, 0.6) is 0 Å². The van der Waals surface area contributed by atoms with Crippen LogP contribution in [0.15, 0.2) is 144 Å². The third-order valence-corrected chi connectivity index (χ3v) is 8.66. The van der Waals surface area contributed by atoms with E-state index in [1.807, 2.05) is 72.8 Å². The second-order valence-corrected chi connectivity index (χ2v) is 11.7. The quantitative estimate of drug-likeness (QED) is 0.104. The Kier molecular flexibility index (Phi) is 10.7. The van der Waals surface area contributed by atoms with Crippen molar-refractivity contribution in [3.8, 4) is 0 Å². The average Bonchev–Trinajstić information content (AvgIpc) is 3.07. The normalized spacial score (nSPS) is 11.7. The van der Waals surface area contributed by atoms with Crippen LogP contribution in [0, 0.1) is 0 Å². The maximum absolute atomic E-state index is 13.5. The van der Waals surface area contributed by atoms with Gasteiger partial charge in [0.1, 0.15) is 10.9 Å².